The lowest BCUT2D eigenvalue weighted by Crippen LogP contribution is -2.40. The summed E-state index contributed by atoms with van der Waals surface area (Å²) in [4.78, 5) is 2.58. The van der Waals surface area contributed by atoms with Crippen molar-refractivity contribution in [2.24, 2.45) is 17.1 Å². The maximum Gasteiger partial charge on any atom is 0.0426 e. The van der Waals surface area contributed by atoms with Crippen LogP contribution in [0.5, 0.6) is 0 Å². The van der Waals surface area contributed by atoms with Crippen molar-refractivity contribution in [1.82, 2.24) is 4.90 Å². The molecule has 1 unspecified atom stereocenters. The minimum Gasteiger partial charge on any atom is -0.370 e. The molecule has 2 aliphatic rings. The van der Waals surface area contributed by atoms with Gasteiger partial charge in [0.15, 0.2) is 0 Å². The zero-order valence-electron chi connectivity index (χ0n) is 17.7. The van der Waals surface area contributed by atoms with Crippen LogP contribution in [0.15, 0.2) is 71.9 Å². The maximum atomic E-state index is 6.51. The van der Waals surface area contributed by atoms with Gasteiger partial charge in [0, 0.05) is 35.8 Å². The lowest BCUT2D eigenvalue weighted by atomic mass is 9.69. The largest absolute Gasteiger partial charge is 0.370 e. The van der Waals surface area contributed by atoms with E-state index in [9.17, 15) is 0 Å². The molecule has 0 bridgehead atoms. The number of hydrogen-bond acceptors (Lipinski definition) is 2. The van der Waals surface area contributed by atoms with Crippen molar-refractivity contribution < 1.29 is 0 Å². The summed E-state index contributed by atoms with van der Waals surface area (Å²) in [6.45, 7) is 8.93. The first kappa shape index (κ1) is 20.3. The Hall–Kier alpha value is -2.03. The molecule has 1 aliphatic heterocycles. The standard InChI is InChI=1S/C26H31ClN2/c1-18(28)22-16-25-24(15-23(22)20-10-7-11-21(27)14-20)26(2,3)12-13-29(25)17-19-8-5-4-6-9-19/h4-11,14-15,18,22H,12-13,16-17,28H2,1-3H3/t18-,22?/m0/s1. The highest BCUT2D eigenvalue weighted by atomic mass is 35.5. The molecule has 2 atom stereocenters. The van der Waals surface area contributed by atoms with Gasteiger partial charge in [-0.2, -0.15) is 0 Å². The van der Waals surface area contributed by atoms with Crippen LogP contribution < -0.4 is 5.73 Å². The van der Waals surface area contributed by atoms with E-state index in [2.05, 4.69) is 74.2 Å². The first-order chi connectivity index (χ1) is 13.8. The summed E-state index contributed by atoms with van der Waals surface area (Å²) in [7, 11) is 0. The molecule has 3 heteroatoms. The second-order valence-electron chi connectivity index (χ2n) is 9.18. The van der Waals surface area contributed by atoms with Crippen molar-refractivity contribution in [3.05, 3.63) is 88.1 Å². The first-order valence-electron chi connectivity index (χ1n) is 10.6. The number of nitrogens with two attached hydrogens (primary N) is 1. The molecule has 29 heavy (non-hydrogen) atoms. The van der Waals surface area contributed by atoms with Gasteiger partial charge in [-0.05, 0) is 59.6 Å². The fourth-order valence-corrected chi connectivity index (χ4v) is 4.95. The van der Waals surface area contributed by atoms with E-state index in [0.29, 0.717) is 5.92 Å². The van der Waals surface area contributed by atoms with Crippen LogP contribution in [0, 0.1) is 11.3 Å². The molecule has 0 saturated carbocycles. The lowest BCUT2D eigenvalue weighted by molar-refractivity contribution is 0.220. The molecular weight excluding hydrogens is 376 g/mol. The average Bonchev–Trinajstić information content (AvgIpc) is 2.70. The van der Waals surface area contributed by atoms with Gasteiger partial charge in [-0.3, -0.25) is 0 Å². The molecular formula is C26H31ClN2. The Labute approximate surface area is 180 Å². The van der Waals surface area contributed by atoms with Gasteiger partial charge in [0.2, 0.25) is 0 Å². The van der Waals surface area contributed by atoms with Crippen molar-refractivity contribution in [1.29, 1.82) is 0 Å². The predicted molar refractivity (Wildman–Crippen MR) is 123 cm³/mol. The van der Waals surface area contributed by atoms with Crippen LogP contribution in [0.2, 0.25) is 5.02 Å². The number of nitrogens with zero attached hydrogens (tertiary/aromatic N) is 1. The SMILES string of the molecule is C[C@H](N)C1CC2=C(C=C1c1cccc(Cl)c1)C(C)(C)CCN2Cc1ccccc1. The molecule has 0 aromatic heterocycles. The summed E-state index contributed by atoms with van der Waals surface area (Å²) in [5.41, 5.74) is 13.5. The molecule has 0 saturated heterocycles. The van der Waals surface area contributed by atoms with Gasteiger partial charge in [-0.25, -0.2) is 0 Å². The number of halogens is 1. The molecule has 1 aliphatic carbocycles. The third-order valence-electron chi connectivity index (χ3n) is 6.55. The van der Waals surface area contributed by atoms with Gasteiger partial charge in [-0.15, -0.1) is 0 Å². The Morgan fingerprint density at radius 2 is 1.90 bits per heavy atom. The quantitative estimate of drug-likeness (QED) is 0.647. The van der Waals surface area contributed by atoms with Crippen molar-refractivity contribution in [2.75, 3.05) is 6.54 Å². The highest BCUT2D eigenvalue weighted by molar-refractivity contribution is 6.30. The summed E-state index contributed by atoms with van der Waals surface area (Å²) in [5.74, 6) is 0.291. The van der Waals surface area contributed by atoms with Gasteiger partial charge in [0.05, 0.1) is 0 Å². The number of allylic oxidation sites excluding steroid dienone is 3. The summed E-state index contributed by atoms with van der Waals surface area (Å²) < 4.78 is 0. The van der Waals surface area contributed by atoms with E-state index in [1.54, 1.807) is 0 Å². The summed E-state index contributed by atoms with van der Waals surface area (Å²) in [6, 6.07) is 19.1. The summed E-state index contributed by atoms with van der Waals surface area (Å²) in [5, 5.41) is 0.778. The highest BCUT2D eigenvalue weighted by Gasteiger charge is 2.38. The van der Waals surface area contributed by atoms with E-state index in [4.69, 9.17) is 17.3 Å². The van der Waals surface area contributed by atoms with E-state index >= 15 is 0 Å². The molecule has 1 heterocycles. The monoisotopic (exact) mass is 406 g/mol. The van der Waals surface area contributed by atoms with Crippen molar-refractivity contribution in [2.45, 2.75) is 46.2 Å². The minimum atomic E-state index is 0.0814. The second kappa shape index (κ2) is 8.01. The Morgan fingerprint density at radius 1 is 1.14 bits per heavy atom. The number of hydrogen-bond donors (Lipinski definition) is 1. The van der Waals surface area contributed by atoms with Crippen LogP contribution in [0.1, 0.15) is 44.7 Å². The van der Waals surface area contributed by atoms with E-state index in [-0.39, 0.29) is 11.5 Å². The molecule has 2 aromatic rings. The van der Waals surface area contributed by atoms with E-state index in [1.165, 1.54) is 28.0 Å². The summed E-state index contributed by atoms with van der Waals surface area (Å²) in [6.07, 6.45) is 4.57. The van der Waals surface area contributed by atoms with Crippen LogP contribution in [-0.4, -0.2) is 17.5 Å². The fourth-order valence-electron chi connectivity index (χ4n) is 4.76. The first-order valence-corrected chi connectivity index (χ1v) is 11.0. The molecule has 2 aromatic carbocycles. The predicted octanol–water partition coefficient (Wildman–Crippen LogP) is 6.28. The summed E-state index contributed by atoms with van der Waals surface area (Å²) >= 11 is 6.32. The van der Waals surface area contributed by atoms with Crippen LogP contribution in [-0.2, 0) is 6.54 Å². The maximum absolute atomic E-state index is 6.51. The van der Waals surface area contributed by atoms with Crippen LogP contribution in [0.25, 0.3) is 5.57 Å². The third-order valence-corrected chi connectivity index (χ3v) is 6.79. The van der Waals surface area contributed by atoms with Crippen LogP contribution in [0.3, 0.4) is 0 Å². The van der Waals surface area contributed by atoms with E-state index in [1.807, 2.05) is 12.1 Å². The molecule has 0 fully saturated rings. The Balaban J connectivity index is 1.79. The molecule has 152 valence electrons. The minimum absolute atomic E-state index is 0.0814. The molecule has 2 nitrogen and oxygen atoms in total. The molecule has 2 N–H and O–H groups in total. The molecule has 4 rings (SSSR count). The number of benzene rings is 2. The Morgan fingerprint density at radius 3 is 2.59 bits per heavy atom. The topological polar surface area (TPSA) is 29.3 Å². The highest BCUT2D eigenvalue weighted by Crippen LogP contribution is 2.48. The lowest BCUT2D eigenvalue weighted by Gasteiger charge is -2.46. The fraction of sp³-hybridized carbons (Fsp3) is 0.385. The molecule has 0 radical (unpaired) electrons. The van der Waals surface area contributed by atoms with Crippen LogP contribution >= 0.6 is 11.6 Å². The Bertz CT molecular complexity index is 940. The Kier molecular flexibility index (Phi) is 5.59. The van der Waals surface area contributed by atoms with Gasteiger partial charge in [-0.1, -0.05) is 74.0 Å². The number of rotatable bonds is 4. The smallest absolute Gasteiger partial charge is 0.0426 e. The van der Waals surface area contributed by atoms with Crippen LogP contribution in [0.4, 0.5) is 0 Å². The third kappa shape index (κ3) is 4.15. The zero-order valence-corrected chi connectivity index (χ0v) is 18.4. The molecule has 0 spiro atoms. The normalized spacial score (nSPS) is 22.2. The van der Waals surface area contributed by atoms with Gasteiger partial charge in [0.1, 0.15) is 0 Å². The molecule has 0 amide bonds. The van der Waals surface area contributed by atoms with Gasteiger partial charge >= 0.3 is 0 Å². The van der Waals surface area contributed by atoms with Crippen molar-refractivity contribution >= 4 is 17.2 Å². The van der Waals surface area contributed by atoms with E-state index < -0.39 is 0 Å². The second-order valence-corrected chi connectivity index (χ2v) is 9.62. The van der Waals surface area contributed by atoms with Gasteiger partial charge < -0.3 is 10.6 Å². The van der Waals surface area contributed by atoms with Crippen molar-refractivity contribution in [3.63, 3.8) is 0 Å². The zero-order chi connectivity index (χ0) is 20.6. The van der Waals surface area contributed by atoms with Crippen molar-refractivity contribution in [3.8, 4) is 0 Å². The average molecular weight is 407 g/mol. The van der Waals surface area contributed by atoms with Gasteiger partial charge in [0.25, 0.3) is 0 Å². The van der Waals surface area contributed by atoms with E-state index in [0.717, 1.165) is 31.0 Å².